The molecule has 0 atom stereocenters. The molecule has 0 radical (unpaired) electrons. The number of benzene rings is 1. The molecule has 0 N–H and O–H groups in total. The standard InChI is InChI=1S/C14H19NO3/c1-12(11-15(2)3)14(16)18-10-9-17-13-7-5-4-6-8-13/h4-8,11H,9-10H2,1-3H3. The molecule has 4 nitrogen and oxygen atoms in total. The largest absolute Gasteiger partial charge is 0.490 e. The minimum absolute atomic E-state index is 0.242. The maximum Gasteiger partial charge on any atom is 0.335 e. The highest BCUT2D eigenvalue weighted by molar-refractivity contribution is 5.87. The second kappa shape index (κ2) is 7.37. The van der Waals surface area contributed by atoms with Gasteiger partial charge in [-0.2, -0.15) is 0 Å². The summed E-state index contributed by atoms with van der Waals surface area (Å²) in [6.07, 6.45) is 1.72. The van der Waals surface area contributed by atoms with Crippen LogP contribution >= 0.6 is 0 Å². The number of carbonyl (C=O) groups excluding carboxylic acids is 1. The highest BCUT2D eigenvalue weighted by atomic mass is 16.6. The van der Waals surface area contributed by atoms with E-state index in [4.69, 9.17) is 9.47 Å². The molecule has 0 fully saturated rings. The van der Waals surface area contributed by atoms with Crippen molar-refractivity contribution in [2.24, 2.45) is 0 Å². The molecule has 0 amide bonds. The van der Waals surface area contributed by atoms with E-state index in [1.54, 1.807) is 18.0 Å². The van der Waals surface area contributed by atoms with E-state index in [1.165, 1.54) is 0 Å². The molecule has 4 heteroatoms. The van der Waals surface area contributed by atoms with Gasteiger partial charge in [0.05, 0.1) is 0 Å². The molecule has 0 saturated carbocycles. The van der Waals surface area contributed by atoms with E-state index >= 15 is 0 Å². The Bertz CT molecular complexity index is 399. The van der Waals surface area contributed by atoms with Crippen LogP contribution in [-0.2, 0) is 9.53 Å². The molecule has 1 rings (SSSR count). The van der Waals surface area contributed by atoms with E-state index in [9.17, 15) is 4.79 Å². The van der Waals surface area contributed by atoms with Crippen LogP contribution in [0.2, 0.25) is 0 Å². The SMILES string of the molecule is CC(=CN(C)C)C(=O)OCCOc1ccccc1. The van der Waals surface area contributed by atoms with Crippen LogP contribution < -0.4 is 4.74 Å². The van der Waals surface area contributed by atoms with E-state index in [1.807, 2.05) is 44.4 Å². The molecule has 0 heterocycles. The normalized spacial score (nSPS) is 10.9. The summed E-state index contributed by atoms with van der Waals surface area (Å²) < 4.78 is 10.5. The van der Waals surface area contributed by atoms with E-state index < -0.39 is 0 Å². The third kappa shape index (κ3) is 5.39. The zero-order valence-corrected chi connectivity index (χ0v) is 11.1. The average molecular weight is 249 g/mol. The summed E-state index contributed by atoms with van der Waals surface area (Å²) in [5.41, 5.74) is 0.569. The van der Waals surface area contributed by atoms with Gasteiger partial charge in [-0.05, 0) is 19.1 Å². The van der Waals surface area contributed by atoms with Crippen molar-refractivity contribution >= 4 is 5.97 Å². The molecule has 0 bridgehead atoms. The zero-order valence-electron chi connectivity index (χ0n) is 11.1. The molecule has 0 aromatic heterocycles. The number of carbonyl (C=O) groups is 1. The van der Waals surface area contributed by atoms with Gasteiger partial charge in [0.15, 0.2) is 0 Å². The first kappa shape index (κ1) is 14.1. The first-order chi connectivity index (χ1) is 8.59. The number of hydrogen-bond donors (Lipinski definition) is 0. The second-order valence-corrected chi connectivity index (χ2v) is 4.07. The fourth-order valence-electron chi connectivity index (χ4n) is 1.36. The van der Waals surface area contributed by atoms with Gasteiger partial charge in [0.25, 0.3) is 0 Å². The topological polar surface area (TPSA) is 38.8 Å². The van der Waals surface area contributed by atoms with Gasteiger partial charge < -0.3 is 14.4 Å². The summed E-state index contributed by atoms with van der Waals surface area (Å²) in [5, 5.41) is 0. The van der Waals surface area contributed by atoms with Crippen molar-refractivity contribution in [1.29, 1.82) is 0 Å². The van der Waals surface area contributed by atoms with Crippen LogP contribution in [0.4, 0.5) is 0 Å². The molecule has 0 aliphatic rings. The minimum Gasteiger partial charge on any atom is -0.490 e. The van der Waals surface area contributed by atoms with Gasteiger partial charge in [-0.15, -0.1) is 0 Å². The number of para-hydroxylation sites is 1. The average Bonchev–Trinajstić information content (AvgIpc) is 2.34. The van der Waals surface area contributed by atoms with Crippen molar-refractivity contribution in [1.82, 2.24) is 4.90 Å². The lowest BCUT2D eigenvalue weighted by Gasteiger charge is -2.09. The quantitative estimate of drug-likeness (QED) is 0.439. The van der Waals surface area contributed by atoms with E-state index in [-0.39, 0.29) is 12.6 Å². The number of esters is 1. The molecular weight excluding hydrogens is 230 g/mol. The smallest absolute Gasteiger partial charge is 0.335 e. The molecule has 0 aliphatic heterocycles. The Morgan fingerprint density at radius 1 is 1.22 bits per heavy atom. The molecule has 1 aromatic carbocycles. The van der Waals surface area contributed by atoms with Crippen molar-refractivity contribution in [3.05, 3.63) is 42.1 Å². The second-order valence-electron chi connectivity index (χ2n) is 4.07. The highest BCUT2D eigenvalue weighted by Crippen LogP contribution is 2.07. The molecule has 0 spiro atoms. The number of hydrogen-bond acceptors (Lipinski definition) is 4. The molecular formula is C14H19NO3. The molecule has 1 aromatic rings. The van der Waals surface area contributed by atoms with E-state index in [0.717, 1.165) is 5.75 Å². The van der Waals surface area contributed by atoms with Crippen LogP contribution in [0.5, 0.6) is 5.75 Å². The molecule has 0 aliphatic carbocycles. The summed E-state index contributed by atoms with van der Waals surface area (Å²) in [6, 6.07) is 9.43. The predicted octanol–water partition coefficient (Wildman–Crippen LogP) is 2.07. The maximum atomic E-state index is 11.5. The number of rotatable bonds is 6. The van der Waals surface area contributed by atoms with Crippen molar-refractivity contribution in [3.8, 4) is 5.75 Å². The first-order valence-electron chi connectivity index (χ1n) is 5.79. The van der Waals surface area contributed by atoms with Gasteiger partial charge in [0, 0.05) is 25.9 Å². The van der Waals surface area contributed by atoms with Crippen LogP contribution in [0.1, 0.15) is 6.92 Å². The summed E-state index contributed by atoms with van der Waals surface area (Å²) in [7, 11) is 3.71. The fraction of sp³-hybridized carbons (Fsp3) is 0.357. The number of nitrogens with zero attached hydrogens (tertiary/aromatic N) is 1. The van der Waals surface area contributed by atoms with Crippen LogP contribution in [-0.4, -0.2) is 38.2 Å². The van der Waals surface area contributed by atoms with Crippen LogP contribution in [0.15, 0.2) is 42.1 Å². The molecule has 98 valence electrons. The summed E-state index contributed by atoms with van der Waals surface area (Å²) in [5.74, 6) is 0.453. The lowest BCUT2D eigenvalue weighted by molar-refractivity contribution is -0.139. The predicted molar refractivity (Wildman–Crippen MR) is 70.3 cm³/mol. The lowest BCUT2D eigenvalue weighted by Crippen LogP contribution is -2.14. The monoisotopic (exact) mass is 249 g/mol. The summed E-state index contributed by atoms with van der Waals surface area (Å²) in [4.78, 5) is 13.3. The Hall–Kier alpha value is -1.97. The van der Waals surface area contributed by atoms with Gasteiger partial charge in [-0.25, -0.2) is 4.79 Å². The van der Waals surface area contributed by atoms with Crippen molar-refractivity contribution < 1.29 is 14.3 Å². The third-order valence-corrected chi connectivity index (χ3v) is 2.10. The van der Waals surface area contributed by atoms with E-state index in [0.29, 0.717) is 12.2 Å². The molecule has 0 unspecified atom stereocenters. The van der Waals surface area contributed by atoms with Crippen molar-refractivity contribution in [2.75, 3.05) is 27.3 Å². The van der Waals surface area contributed by atoms with Crippen molar-refractivity contribution in [3.63, 3.8) is 0 Å². The highest BCUT2D eigenvalue weighted by Gasteiger charge is 2.05. The summed E-state index contributed by atoms with van der Waals surface area (Å²) in [6.45, 7) is 2.32. The zero-order chi connectivity index (χ0) is 13.4. The molecule has 0 saturated heterocycles. The Balaban J connectivity index is 2.24. The Labute approximate surface area is 108 Å². The van der Waals surface area contributed by atoms with Crippen LogP contribution in [0.25, 0.3) is 0 Å². The Morgan fingerprint density at radius 2 is 1.89 bits per heavy atom. The van der Waals surface area contributed by atoms with Crippen LogP contribution in [0.3, 0.4) is 0 Å². The minimum atomic E-state index is -0.319. The van der Waals surface area contributed by atoms with Gasteiger partial charge in [0.2, 0.25) is 0 Å². The van der Waals surface area contributed by atoms with Crippen LogP contribution in [0, 0.1) is 0 Å². The Morgan fingerprint density at radius 3 is 2.50 bits per heavy atom. The van der Waals surface area contributed by atoms with Gasteiger partial charge in [0.1, 0.15) is 19.0 Å². The summed E-state index contributed by atoms with van der Waals surface area (Å²) >= 11 is 0. The number of ether oxygens (including phenoxy) is 2. The molecule has 18 heavy (non-hydrogen) atoms. The third-order valence-electron chi connectivity index (χ3n) is 2.10. The maximum absolute atomic E-state index is 11.5. The fourth-order valence-corrected chi connectivity index (χ4v) is 1.36. The first-order valence-corrected chi connectivity index (χ1v) is 5.79. The van der Waals surface area contributed by atoms with Gasteiger partial charge in [-0.1, -0.05) is 18.2 Å². The van der Waals surface area contributed by atoms with Gasteiger partial charge >= 0.3 is 5.97 Å². The van der Waals surface area contributed by atoms with Gasteiger partial charge in [-0.3, -0.25) is 0 Å². The Kier molecular flexibility index (Phi) is 5.77. The van der Waals surface area contributed by atoms with E-state index in [2.05, 4.69) is 0 Å². The van der Waals surface area contributed by atoms with Crippen molar-refractivity contribution in [2.45, 2.75) is 6.92 Å². The lowest BCUT2D eigenvalue weighted by atomic mass is 10.3.